The first-order chi connectivity index (χ1) is 14.1. The van der Waals surface area contributed by atoms with E-state index in [0.717, 1.165) is 37.2 Å². The topological polar surface area (TPSA) is 111 Å². The average Bonchev–Trinajstić information content (AvgIpc) is 3.36. The first kappa shape index (κ1) is 21.9. The smallest absolute Gasteiger partial charge is 0.274 e. The Labute approximate surface area is 181 Å². The number of nitrogens with zero attached hydrogens (tertiary/aromatic N) is 5. The zero-order chi connectivity index (χ0) is 20.2. The van der Waals surface area contributed by atoms with Crippen LogP contribution in [-0.4, -0.2) is 44.1 Å². The van der Waals surface area contributed by atoms with Gasteiger partial charge < -0.3 is 15.2 Å². The Morgan fingerprint density at radius 1 is 1.30 bits per heavy atom. The number of piperidine rings is 1. The highest BCUT2D eigenvalue weighted by Gasteiger charge is 2.25. The van der Waals surface area contributed by atoms with Gasteiger partial charge in [-0.15, -0.1) is 17.5 Å². The number of aromatic nitrogens is 5. The Bertz CT molecular complexity index is 967. The van der Waals surface area contributed by atoms with Gasteiger partial charge in [-0.05, 0) is 45.3 Å². The maximum absolute atomic E-state index is 12.7. The summed E-state index contributed by atoms with van der Waals surface area (Å²) < 4.78 is 7.20. The van der Waals surface area contributed by atoms with E-state index >= 15 is 0 Å². The SMILES string of the molecule is Cc1c(C(=O)NC(C)c2noc(Cc3ccccc3)n2)nnn1C1CCNCC1.Cl. The Hall–Kier alpha value is -2.78. The van der Waals surface area contributed by atoms with Crippen molar-refractivity contribution < 1.29 is 9.32 Å². The molecule has 160 valence electrons. The fourth-order valence-electron chi connectivity index (χ4n) is 3.56. The lowest BCUT2D eigenvalue weighted by Gasteiger charge is -2.23. The quantitative estimate of drug-likeness (QED) is 0.616. The molecule has 1 fully saturated rings. The molecule has 3 heterocycles. The van der Waals surface area contributed by atoms with Gasteiger partial charge in [-0.2, -0.15) is 4.98 Å². The Kier molecular flexibility index (Phi) is 7.17. The van der Waals surface area contributed by atoms with Gasteiger partial charge in [0.1, 0.15) is 0 Å². The summed E-state index contributed by atoms with van der Waals surface area (Å²) in [5.74, 6) is 0.664. The third-order valence-corrected chi connectivity index (χ3v) is 5.21. The lowest BCUT2D eigenvalue weighted by atomic mass is 10.1. The number of amides is 1. The summed E-state index contributed by atoms with van der Waals surface area (Å²) in [5.41, 5.74) is 2.20. The van der Waals surface area contributed by atoms with Crippen molar-refractivity contribution in [1.29, 1.82) is 0 Å². The van der Waals surface area contributed by atoms with Crippen molar-refractivity contribution in [3.05, 3.63) is 59.0 Å². The number of hydrogen-bond donors (Lipinski definition) is 2. The summed E-state index contributed by atoms with van der Waals surface area (Å²) in [6.07, 6.45) is 2.52. The van der Waals surface area contributed by atoms with Crippen LogP contribution in [-0.2, 0) is 6.42 Å². The molecular weight excluding hydrogens is 406 g/mol. The molecular formula is C20H26ClN7O2. The monoisotopic (exact) mass is 431 g/mol. The lowest BCUT2D eigenvalue weighted by Crippen LogP contribution is -2.31. The summed E-state index contributed by atoms with van der Waals surface area (Å²) in [5, 5.41) is 18.6. The molecule has 0 saturated carbocycles. The standard InChI is InChI=1S/C20H25N7O2.ClH/c1-13(19-23-17(29-25-19)12-15-6-4-3-5-7-15)22-20(28)18-14(2)27(26-24-18)16-8-10-21-11-9-16;/h3-7,13,16,21H,8-12H2,1-2H3,(H,22,28);1H. The van der Waals surface area contributed by atoms with Crippen LogP contribution in [0.1, 0.15) is 65.3 Å². The molecule has 4 rings (SSSR count). The number of carbonyl (C=O) groups excluding carboxylic acids is 1. The molecule has 0 spiro atoms. The van der Waals surface area contributed by atoms with Gasteiger partial charge in [0.25, 0.3) is 5.91 Å². The second-order valence-electron chi connectivity index (χ2n) is 7.35. The molecule has 30 heavy (non-hydrogen) atoms. The minimum atomic E-state index is -0.404. The van der Waals surface area contributed by atoms with E-state index < -0.39 is 6.04 Å². The highest BCUT2D eigenvalue weighted by molar-refractivity contribution is 5.93. The Morgan fingerprint density at radius 2 is 2.03 bits per heavy atom. The fourth-order valence-corrected chi connectivity index (χ4v) is 3.56. The molecule has 2 N–H and O–H groups in total. The van der Waals surface area contributed by atoms with Crippen molar-refractivity contribution in [1.82, 2.24) is 35.8 Å². The molecule has 1 amide bonds. The summed E-state index contributed by atoms with van der Waals surface area (Å²) in [7, 11) is 0. The van der Waals surface area contributed by atoms with Crippen molar-refractivity contribution in [2.24, 2.45) is 0 Å². The normalized spacial score (nSPS) is 15.4. The molecule has 9 nitrogen and oxygen atoms in total. The average molecular weight is 432 g/mol. The van der Waals surface area contributed by atoms with Gasteiger partial charge in [0, 0.05) is 0 Å². The second kappa shape index (κ2) is 9.82. The van der Waals surface area contributed by atoms with Crippen molar-refractivity contribution in [3.63, 3.8) is 0 Å². The third-order valence-electron chi connectivity index (χ3n) is 5.21. The first-order valence-electron chi connectivity index (χ1n) is 9.91. The van der Waals surface area contributed by atoms with Crippen LogP contribution in [0.15, 0.2) is 34.9 Å². The van der Waals surface area contributed by atoms with E-state index in [2.05, 4.69) is 31.1 Å². The van der Waals surface area contributed by atoms with E-state index in [-0.39, 0.29) is 24.4 Å². The molecule has 0 aliphatic carbocycles. The summed E-state index contributed by atoms with van der Waals surface area (Å²) in [4.78, 5) is 17.1. The molecule has 0 radical (unpaired) electrons. The van der Waals surface area contributed by atoms with Crippen LogP contribution < -0.4 is 10.6 Å². The molecule has 10 heteroatoms. The number of nitrogens with one attached hydrogen (secondary N) is 2. The number of hydrogen-bond acceptors (Lipinski definition) is 7. The van der Waals surface area contributed by atoms with Crippen molar-refractivity contribution in [2.45, 2.75) is 45.2 Å². The molecule has 1 saturated heterocycles. The van der Waals surface area contributed by atoms with Gasteiger partial charge in [-0.25, -0.2) is 4.68 Å². The largest absolute Gasteiger partial charge is 0.341 e. The van der Waals surface area contributed by atoms with Crippen LogP contribution in [0.3, 0.4) is 0 Å². The summed E-state index contributed by atoms with van der Waals surface area (Å²) >= 11 is 0. The number of rotatable bonds is 6. The number of carbonyl (C=O) groups is 1. The van der Waals surface area contributed by atoms with Crippen LogP contribution in [0.2, 0.25) is 0 Å². The van der Waals surface area contributed by atoms with Crippen LogP contribution in [0, 0.1) is 6.92 Å². The predicted molar refractivity (Wildman–Crippen MR) is 113 cm³/mol. The van der Waals surface area contributed by atoms with E-state index in [1.165, 1.54) is 0 Å². The zero-order valence-corrected chi connectivity index (χ0v) is 17.9. The third kappa shape index (κ3) is 4.85. The fraction of sp³-hybridized carbons (Fsp3) is 0.450. The predicted octanol–water partition coefficient (Wildman–Crippen LogP) is 2.40. The van der Waals surface area contributed by atoms with Crippen LogP contribution >= 0.6 is 12.4 Å². The van der Waals surface area contributed by atoms with E-state index in [9.17, 15) is 4.79 Å². The van der Waals surface area contributed by atoms with Gasteiger partial charge >= 0.3 is 0 Å². The molecule has 1 atom stereocenters. The minimum absolute atomic E-state index is 0. The Balaban J connectivity index is 0.00000256. The number of benzene rings is 1. The van der Waals surface area contributed by atoms with E-state index in [1.54, 1.807) is 0 Å². The molecule has 1 aliphatic rings. The van der Waals surface area contributed by atoms with Gasteiger partial charge in [0.15, 0.2) is 11.5 Å². The highest BCUT2D eigenvalue weighted by atomic mass is 35.5. The lowest BCUT2D eigenvalue weighted by molar-refractivity contribution is 0.0932. The van der Waals surface area contributed by atoms with Gasteiger partial charge in [-0.1, -0.05) is 40.7 Å². The van der Waals surface area contributed by atoms with Crippen molar-refractivity contribution >= 4 is 18.3 Å². The van der Waals surface area contributed by atoms with E-state index in [1.807, 2.05) is 48.9 Å². The maximum Gasteiger partial charge on any atom is 0.274 e. The highest BCUT2D eigenvalue weighted by Crippen LogP contribution is 2.20. The number of halogens is 1. The van der Waals surface area contributed by atoms with Gasteiger partial charge in [0.05, 0.1) is 24.2 Å². The van der Waals surface area contributed by atoms with E-state index in [0.29, 0.717) is 23.8 Å². The zero-order valence-electron chi connectivity index (χ0n) is 17.0. The summed E-state index contributed by atoms with van der Waals surface area (Å²) in [6, 6.07) is 9.78. The maximum atomic E-state index is 12.7. The van der Waals surface area contributed by atoms with E-state index in [4.69, 9.17) is 4.52 Å². The second-order valence-corrected chi connectivity index (χ2v) is 7.35. The minimum Gasteiger partial charge on any atom is -0.341 e. The van der Waals surface area contributed by atoms with Crippen LogP contribution in [0.25, 0.3) is 0 Å². The summed E-state index contributed by atoms with van der Waals surface area (Å²) in [6.45, 7) is 5.60. The van der Waals surface area contributed by atoms with Crippen molar-refractivity contribution in [2.75, 3.05) is 13.1 Å². The Morgan fingerprint density at radius 3 is 2.77 bits per heavy atom. The van der Waals surface area contributed by atoms with Crippen LogP contribution in [0.4, 0.5) is 0 Å². The van der Waals surface area contributed by atoms with Gasteiger partial charge in [0.2, 0.25) is 5.89 Å². The molecule has 1 aromatic carbocycles. The van der Waals surface area contributed by atoms with Crippen LogP contribution in [0.5, 0.6) is 0 Å². The molecule has 1 aliphatic heterocycles. The van der Waals surface area contributed by atoms with Crippen molar-refractivity contribution in [3.8, 4) is 0 Å². The van der Waals surface area contributed by atoms with Gasteiger partial charge in [-0.3, -0.25) is 4.79 Å². The molecule has 2 aromatic heterocycles. The molecule has 3 aromatic rings. The molecule has 1 unspecified atom stereocenters. The molecule has 0 bridgehead atoms. The first-order valence-corrected chi connectivity index (χ1v) is 9.91.